The predicted molar refractivity (Wildman–Crippen MR) is 109 cm³/mol. The molecule has 0 unspecified atom stereocenters. The molecule has 1 fully saturated rings. The number of nitrogens with zero attached hydrogens (tertiary/aromatic N) is 6. The van der Waals surface area contributed by atoms with Gasteiger partial charge in [-0.05, 0) is 50.2 Å². The number of amides is 1. The summed E-state index contributed by atoms with van der Waals surface area (Å²) in [5.41, 5.74) is 0.680. The minimum absolute atomic E-state index is 0.0438. The molecule has 2 aromatic heterocycles. The number of carbonyl (C=O) groups is 1. The average Bonchev–Trinajstić information content (AvgIpc) is 3.29. The molecule has 8 heteroatoms. The topological polar surface area (TPSA) is 76.4 Å². The van der Waals surface area contributed by atoms with Gasteiger partial charge in [0.2, 0.25) is 0 Å². The van der Waals surface area contributed by atoms with Crippen LogP contribution < -0.4 is 9.64 Å². The highest BCUT2D eigenvalue weighted by Gasteiger charge is 2.23. The van der Waals surface area contributed by atoms with E-state index in [9.17, 15) is 4.79 Å². The zero-order chi connectivity index (χ0) is 20.2. The first-order chi connectivity index (χ1) is 14.1. The van der Waals surface area contributed by atoms with Crippen LogP contribution in [0.2, 0.25) is 0 Å². The van der Waals surface area contributed by atoms with Crippen molar-refractivity contribution in [2.45, 2.75) is 20.0 Å². The summed E-state index contributed by atoms with van der Waals surface area (Å²) >= 11 is 0. The molecule has 0 N–H and O–H groups in total. The van der Waals surface area contributed by atoms with E-state index < -0.39 is 0 Å². The van der Waals surface area contributed by atoms with Crippen molar-refractivity contribution < 1.29 is 9.53 Å². The first kappa shape index (κ1) is 18.9. The van der Waals surface area contributed by atoms with Gasteiger partial charge >= 0.3 is 0 Å². The fourth-order valence-corrected chi connectivity index (χ4v) is 3.29. The van der Waals surface area contributed by atoms with Crippen LogP contribution in [0.5, 0.6) is 5.75 Å². The van der Waals surface area contributed by atoms with E-state index >= 15 is 0 Å². The lowest BCUT2D eigenvalue weighted by Crippen LogP contribution is -2.49. The Labute approximate surface area is 169 Å². The van der Waals surface area contributed by atoms with Gasteiger partial charge in [0.1, 0.15) is 12.1 Å². The number of aromatic nitrogens is 4. The maximum absolute atomic E-state index is 12.8. The average molecular weight is 392 g/mol. The van der Waals surface area contributed by atoms with Gasteiger partial charge in [0, 0.05) is 44.1 Å². The monoisotopic (exact) mass is 392 g/mol. The predicted octanol–water partition coefficient (Wildman–Crippen LogP) is 2.41. The molecular weight excluding hydrogens is 368 g/mol. The van der Waals surface area contributed by atoms with Gasteiger partial charge in [0.25, 0.3) is 5.91 Å². The summed E-state index contributed by atoms with van der Waals surface area (Å²) in [5.74, 6) is 2.36. The number of hydrogen-bond acceptors (Lipinski definition) is 6. The van der Waals surface area contributed by atoms with Crippen LogP contribution in [0.15, 0.2) is 55.1 Å². The van der Waals surface area contributed by atoms with Gasteiger partial charge in [-0.25, -0.2) is 4.98 Å². The molecule has 1 aliphatic heterocycles. The Morgan fingerprint density at radius 1 is 0.966 bits per heavy atom. The van der Waals surface area contributed by atoms with Crippen LogP contribution in [0.4, 0.5) is 5.82 Å². The molecule has 0 bridgehead atoms. The van der Waals surface area contributed by atoms with Gasteiger partial charge in [-0.1, -0.05) is 0 Å². The second-order valence-electron chi connectivity index (χ2n) is 7.19. The van der Waals surface area contributed by atoms with Crippen LogP contribution in [0.3, 0.4) is 0 Å². The van der Waals surface area contributed by atoms with E-state index in [2.05, 4.69) is 20.1 Å². The fraction of sp³-hybridized carbons (Fsp3) is 0.333. The summed E-state index contributed by atoms with van der Waals surface area (Å²) in [6.45, 7) is 6.70. The zero-order valence-electron chi connectivity index (χ0n) is 16.6. The lowest BCUT2D eigenvalue weighted by atomic mass is 10.1. The van der Waals surface area contributed by atoms with Crippen molar-refractivity contribution in [1.29, 1.82) is 0 Å². The molecule has 1 amide bonds. The van der Waals surface area contributed by atoms with E-state index in [1.165, 1.54) is 0 Å². The minimum atomic E-state index is 0.0438. The molecule has 4 rings (SSSR count). The molecule has 1 aromatic carbocycles. The van der Waals surface area contributed by atoms with Crippen LogP contribution in [0.25, 0.3) is 5.82 Å². The third-order valence-corrected chi connectivity index (χ3v) is 4.77. The van der Waals surface area contributed by atoms with Crippen molar-refractivity contribution in [3.8, 4) is 11.6 Å². The largest absolute Gasteiger partial charge is 0.491 e. The van der Waals surface area contributed by atoms with Gasteiger partial charge in [0.05, 0.1) is 6.10 Å². The van der Waals surface area contributed by atoms with E-state index in [1.807, 2.05) is 65.9 Å². The molecule has 150 valence electrons. The highest BCUT2D eigenvalue weighted by atomic mass is 16.5. The molecule has 1 aliphatic rings. The fourth-order valence-electron chi connectivity index (χ4n) is 3.29. The van der Waals surface area contributed by atoms with E-state index in [4.69, 9.17) is 4.74 Å². The van der Waals surface area contributed by atoms with Crippen molar-refractivity contribution in [1.82, 2.24) is 24.6 Å². The zero-order valence-corrected chi connectivity index (χ0v) is 16.6. The molecule has 0 aliphatic carbocycles. The van der Waals surface area contributed by atoms with Crippen LogP contribution >= 0.6 is 0 Å². The maximum Gasteiger partial charge on any atom is 0.253 e. The number of benzene rings is 1. The number of piperazine rings is 1. The summed E-state index contributed by atoms with van der Waals surface area (Å²) in [6, 6.07) is 11.2. The Hall–Kier alpha value is -3.42. The number of carbonyl (C=O) groups excluding carboxylic acids is 1. The first-order valence-electron chi connectivity index (χ1n) is 9.73. The molecule has 3 aromatic rings. The maximum atomic E-state index is 12.8. The first-order valence-corrected chi connectivity index (χ1v) is 9.73. The van der Waals surface area contributed by atoms with Gasteiger partial charge in [-0.15, -0.1) is 10.2 Å². The van der Waals surface area contributed by atoms with Crippen molar-refractivity contribution >= 4 is 11.7 Å². The van der Waals surface area contributed by atoms with Crippen LogP contribution in [-0.2, 0) is 0 Å². The Morgan fingerprint density at radius 3 is 2.24 bits per heavy atom. The summed E-state index contributed by atoms with van der Waals surface area (Å²) in [6.07, 6.45) is 5.34. The smallest absolute Gasteiger partial charge is 0.253 e. The Morgan fingerprint density at radius 2 is 1.66 bits per heavy atom. The number of ether oxygens (including phenoxy) is 1. The van der Waals surface area contributed by atoms with Crippen molar-refractivity contribution in [3.63, 3.8) is 0 Å². The van der Waals surface area contributed by atoms with Crippen LogP contribution in [0.1, 0.15) is 24.2 Å². The molecule has 0 atom stereocenters. The van der Waals surface area contributed by atoms with Crippen LogP contribution in [0, 0.1) is 0 Å². The summed E-state index contributed by atoms with van der Waals surface area (Å²) in [4.78, 5) is 20.8. The van der Waals surface area contributed by atoms with E-state index in [0.29, 0.717) is 18.7 Å². The Kier molecular flexibility index (Phi) is 5.41. The van der Waals surface area contributed by atoms with Gasteiger partial charge in [-0.2, -0.15) is 0 Å². The third-order valence-electron chi connectivity index (χ3n) is 4.77. The van der Waals surface area contributed by atoms with E-state index in [0.717, 1.165) is 30.5 Å². The molecule has 8 nitrogen and oxygen atoms in total. The minimum Gasteiger partial charge on any atom is -0.491 e. The SMILES string of the molecule is CC(C)Oc1ccc(C(=O)N2CCN(c3ccc(-n4ccnc4)nn3)CC2)cc1. The molecule has 1 saturated heterocycles. The quantitative estimate of drug-likeness (QED) is 0.664. The van der Waals surface area contributed by atoms with Crippen molar-refractivity contribution in [3.05, 3.63) is 60.7 Å². The van der Waals surface area contributed by atoms with Gasteiger partial charge < -0.3 is 14.5 Å². The molecule has 0 saturated carbocycles. The Bertz CT molecular complexity index is 930. The molecular formula is C21H24N6O2. The van der Waals surface area contributed by atoms with E-state index in [1.54, 1.807) is 12.5 Å². The number of imidazole rings is 1. The normalized spacial score (nSPS) is 14.3. The van der Waals surface area contributed by atoms with Crippen molar-refractivity contribution in [2.75, 3.05) is 31.1 Å². The highest BCUT2D eigenvalue weighted by molar-refractivity contribution is 5.94. The van der Waals surface area contributed by atoms with Gasteiger partial charge in [-0.3, -0.25) is 9.36 Å². The standard InChI is InChI=1S/C21H24N6O2/c1-16(2)29-18-5-3-17(4-6-18)21(28)26-13-11-25(12-14-26)19-7-8-20(24-23-19)27-10-9-22-15-27/h3-10,15-16H,11-14H2,1-2H3. The van der Waals surface area contributed by atoms with Crippen molar-refractivity contribution in [2.24, 2.45) is 0 Å². The molecule has 0 radical (unpaired) electrons. The molecule has 0 spiro atoms. The highest BCUT2D eigenvalue weighted by Crippen LogP contribution is 2.18. The summed E-state index contributed by atoms with van der Waals surface area (Å²) < 4.78 is 7.45. The second kappa shape index (κ2) is 8.30. The lowest BCUT2D eigenvalue weighted by molar-refractivity contribution is 0.0746. The summed E-state index contributed by atoms with van der Waals surface area (Å²) in [5, 5.41) is 8.60. The second-order valence-corrected chi connectivity index (χ2v) is 7.19. The molecule has 3 heterocycles. The van der Waals surface area contributed by atoms with Crippen LogP contribution in [-0.4, -0.2) is 62.8 Å². The number of rotatable bonds is 5. The summed E-state index contributed by atoms with van der Waals surface area (Å²) in [7, 11) is 0. The van der Waals surface area contributed by atoms with E-state index in [-0.39, 0.29) is 12.0 Å². The van der Waals surface area contributed by atoms with Gasteiger partial charge in [0.15, 0.2) is 11.6 Å². The number of hydrogen-bond donors (Lipinski definition) is 0. The number of anilines is 1. The lowest BCUT2D eigenvalue weighted by Gasteiger charge is -2.35. The molecule has 29 heavy (non-hydrogen) atoms. The Balaban J connectivity index is 1.34. The third kappa shape index (κ3) is 4.37.